The van der Waals surface area contributed by atoms with Crippen molar-refractivity contribution in [3.63, 3.8) is 0 Å². The fourth-order valence-corrected chi connectivity index (χ4v) is 4.31. The average molecular weight is 413 g/mol. The number of ether oxygens (including phenoxy) is 2. The molecule has 152 valence electrons. The van der Waals surface area contributed by atoms with E-state index in [1.165, 1.54) is 4.88 Å². The predicted octanol–water partition coefficient (Wildman–Crippen LogP) is 3.55. The van der Waals surface area contributed by atoms with E-state index in [4.69, 9.17) is 9.47 Å². The number of hydrogen-bond acceptors (Lipinski definition) is 6. The zero-order valence-electron chi connectivity index (χ0n) is 16.5. The summed E-state index contributed by atoms with van der Waals surface area (Å²) >= 11 is 1.69. The summed E-state index contributed by atoms with van der Waals surface area (Å²) in [7, 11) is 3.11. The van der Waals surface area contributed by atoms with Crippen LogP contribution >= 0.6 is 11.3 Å². The topological polar surface area (TPSA) is 79.5 Å². The molecule has 1 amide bonds. The number of aromatic amines is 1. The molecule has 0 spiro atoms. The Labute approximate surface area is 173 Å². The van der Waals surface area contributed by atoms with Crippen molar-refractivity contribution in [2.45, 2.75) is 18.9 Å². The first-order valence-corrected chi connectivity index (χ1v) is 10.4. The normalized spacial score (nSPS) is 14.6. The number of anilines is 1. The van der Waals surface area contributed by atoms with Crippen molar-refractivity contribution in [2.24, 2.45) is 0 Å². The number of para-hydroxylation sites is 1. The Balaban J connectivity index is 1.36. The Morgan fingerprint density at radius 3 is 2.72 bits per heavy atom. The molecule has 0 bridgehead atoms. The summed E-state index contributed by atoms with van der Waals surface area (Å²) in [5.74, 6) is 1.82. The second kappa shape index (κ2) is 8.57. The number of amides is 1. The lowest BCUT2D eigenvalue weighted by Crippen LogP contribution is -2.44. The molecule has 1 aliphatic heterocycles. The Bertz CT molecular complexity index is 962. The van der Waals surface area contributed by atoms with Crippen LogP contribution in [0.25, 0.3) is 10.6 Å². The Kier molecular flexibility index (Phi) is 5.71. The van der Waals surface area contributed by atoms with Crippen molar-refractivity contribution in [3.05, 3.63) is 47.3 Å². The number of methoxy groups -OCH3 is 2. The summed E-state index contributed by atoms with van der Waals surface area (Å²) in [6.07, 6.45) is 1.72. The maximum Gasteiger partial charge on any atom is 0.255 e. The summed E-state index contributed by atoms with van der Waals surface area (Å²) in [4.78, 5) is 16.2. The maximum atomic E-state index is 12.8. The summed E-state index contributed by atoms with van der Waals surface area (Å²) < 4.78 is 10.7. The van der Waals surface area contributed by atoms with E-state index in [2.05, 4.69) is 37.9 Å². The van der Waals surface area contributed by atoms with Gasteiger partial charge in [-0.05, 0) is 36.4 Å². The standard InChI is InChI=1S/C21H24N4O3S/c1-27-17-6-3-5-15(20(17)28-2)21(26)22-14-8-10-25(11-9-14)19-13-16(23-24-19)18-7-4-12-29-18/h3-7,12-14H,8-11H2,1-2H3,(H,22,26)(H,23,24). The van der Waals surface area contributed by atoms with Crippen LogP contribution in [0.15, 0.2) is 41.8 Å². The molecule has 0 unspecified atom stereocenters. The molecule has 29 heavy (non-hydrogen) atoms. The summed E-state index contributed by atoms with van der Waals surface area (Å²) in [5, 5.41) is 12.8. The van der Waals surface area contributed by atoms with Crippen LogP contribution in [0, 0.1) is 0 Å². The lowest BCUT2D eigenvalue weighted by Gasteiger charge is -2.32. The molecule has 3 aromatic rings. The molecule has 0 atom stereocenters. The van der Waals surface area contributed by atoms with E-state index in [1.54, 1.807) is 43.8 Å². The first kappa shape index (κ1) is 19.3. The number of benzene rings is 1. The van der Waals surface area contributed by atoms with Crippen LogP contribution in [0.1, 0.15) is 23.2 Å². The van der Waals surface area contributed by atoms with Gasteiger partial charge in [0.15, 0.2) is 17.3 Å². The van der Waals surface area contributed by atoms with Gasteiger partial charge in [-0.2, -0.15) is 5.10 Å². The molecule has 1 aromatic carbocycles. The van der Waals surface area contributed by atoms with E-state index in [0.717, 1.165) is 37.4 Å². The number of nitrogens with one attached hydrogen (secondary N) is 2. The molecule has 1 fully saturated rings. The zero-order chi connectivity index (χ0) is 20.2. The number of carbonyl (C=O) groups excluding carboxylic acids is 1. The van der Waals surface area contributed by atoms with Crippen molar-refractivity contribution in [1.29, 1.82) is 0 Å². The highest BCUT2D eigenvalue weighted by molar-refractivity contribution is 7.13. The van der Waals surface area contributed by atoms with Crippen molar-refractivity contribution < 1.29 is 14.3 Å². The SMILES string of the molecule is COc1cccc(C(=O)NC2CCN(c3cc(-c4cccs4)[nH]n3)CC2)c1OC. The van der Waals surface area contributed by atoms with Crippen molar-refractivity contribution in [2.75, 3.05) is 32.2 Å². The van der Waals surface area contributed by atoms with Gasteiger partial charge in [-0.1, -0.05) is 12.1 Å². The van der Waals surface area contributed by atoms with Crippen LogP contribution in [0.4, 0.5) is 5.82 Å². The third kappa shape index (κ3) is 4.07. The quantitative estimate of drug-likeness (QED) is 0.647. The number of carbonyl (C=O) groups is 1. The number of H-pyrrole nitrogens is 1. The van der Waals surface area contributed by atoms with Gasteiger partial charge in [0, 0.05) is 25.2 Å². The molecule has 2 aromatic heterocycles. The van der Waals surface area contributed by atoms with Crippen LogP contribution in [0.5, 0.6) is 11.5 Å². The number of rotatable bonds is 6. The molecule has 0 radical (unpaired) electrons. The predicted molar refractivity (Wildman–Crippen MR) is 114 cm³/mol. The first-order valence-electron chi connectivity index (χ1n) is 9.55. The van der Waals surface area contributed by atoms with E-state index in [9.17, 15) is 4.79 Å². The monoisotopic (exact) mass is 412 g/mol. The van der Waals surface area contributed by atoms with Crippen molar-refractivity contribution >= 4 is 23.1 Å². The van der Waals surface area contributed by atoms with Crippen LogP contribution in [0.3, 0.4) is 0 Å². The second-order valence-electron chi connectivity index (χ2n) is 6.89. The Morgan fingerprint density at radius 2 is 2.03 bits per heavy atom. The van der Waals surface area contributed by atoms with Crippen LogP contribution < -0.4 is 19.7 Å². The molecule has 2 N–H and O–H groups in total. The maximum absolute atomic E-state index is 12.8. The Morgan fingerprint density at radius 1 is 1.21 bits per heavy atom. The highest BCUT2D eigenvalue weighted by Crippen LogP contribution is 2.31. The number of aromatic nitrogens is 2. The minimum absolute atomic E-state index is 0.116. The summed E-state index contributed by atoms with van der Waals surface area (Å²) in [6.45, 7) is 1.68. The highest BCUT2D eigenvalue weighted by atomic mass is 32.1. The fraction of sp³-hybridized carbons (Fsp3) is 0.333. The van der Waals surface area contributed by atoms with Gasteiger partial charge in [0.25, 0.3) is 5.91 Å². The van der Waals surface area contributed by atoms with Gasteiger partial charge in [0.1, 0.15) is 0 Å². The molecule has 0 saturated carbocycles. The molecule has 3 heterocycles. The lowest BCUT2D eigenvalue weighted by atomic mass is 10.0. The highest BCUT2D eigenvalue weighted by Gasteiger charge is 2.24. The Hall–Kier alpha value is -3.00. The molecule has 1 aliphatic rings. The summed E-state index contributed by atoms with van der Waals surface area (Å²) in [6, 6.07) is 11.6. The number of hydrogen-bond donors (Lipinski definition) is 2. The minimum Gasteiger partial charge on any atom is -0.493 e. The van der Waals surface area contributed by atoms with Crippen molar-refractivity contribution in [1.82, 2.24) is 15.5 Å². The van der Waals surface area contributed by atoms with Crippen molar-refractivity contribution in [3.8, 4) is 22.1 Å². The smallest absolute Gasteiger partial charge is 0.255 e. The van der Waals surface area contributed by atoms with Gasteiger partial charge in [-0.15, -0.1) is 11.3 Å². The number of piperidine rings is 1. The van der Waals surface area contributed by atoms with Gasteiger partial charge < -0.3 is 19.7 Å². The van der Waals surface area contributed by atoms with Crippen LogP contribution in [-0.4, -0.2) is 49.5 Å². The van der Waals surface area contributed by atoms with Crippen LogP contribution in [0.2, 0.25) is 0 Å². The second-order valence-corrected chi connectivity index (χ2v) is 7.84. The molecule has 8 heteroatoms. The van der Waals surface area contributed by atoms with Gasteiger partial charge in [0.2, 0.25) is 0 Å². The third-order valence-electron chi connectivity index (χ3n) is 5.15. The molecule has 7 nitrogen and oxygen atoms in total. The van der Waals surface area contributed by atoms with Gasteiger partial charge in [-0.3, -0.25) is 9.89 Å². The zero-order valence-corrected chi connectivity index (χ0v) is 17.3. The van der Waals surface area contributed by atoms with Gasteiger partial charge >= 0.3 is 0 Å². The van der Waals surface area contributed by atoms with E-state index >= 15 is 0 Å². The van der Waals surface area contributed by atoms with E-state index in [-0.39, 0.29) is 11.9 Å². The fourth-order valence-electron chi connectivity index (χ4n) is 3.61. The van der Waals surface area contributed by atoms with Crippen LogP contribution in [-0.2, 0) is 0 Å². The average Bonchev–Trinajstić information content (AvgIpc) is 3.45. The van der Waals surface area contributed by atoms with Gasteiger partial charge in [0.05, 0.1) is 30.4 Å². The van der Waals surface area contributed by atoms with E-state index < -0.39 is 0 Å². The molecule has 0 aliphatic carbocycles. The number of nitrogens with zero attached hydrogens (tertiary/aromatic N) is 2. The third-order valence-corrected chi connectivity index (χ3v) is 6.06. The van der Waals surface area contributed by atoms with E-state index in [1.807, 2.05) is 6.07 Å². The molecular weight excluding hydrogens is 388 g/mol. The minimum atomic E-state index is -0.140. The molecular formula is C21H24N4O3S. The van der Waals surface area contributed by atoms with Gasteiger partial charge in [-0.25, -0.2) is 0 Å². The first-order chi connectivity index (χ1) is 14.2. The summed E-state index contributed by atoms with van der Waals surface area (Å²) in [5.41, 5.74) is 1.53. The van der Waals surface area contributed by atoms with E-state index in [0.29, 0.717) is 17.1 Å². The largest absolute Gasteiger partial charge is 0.493 e. The lowest BCUT2D eigenvalue weighted by molar-refractivity contribution is 0.0927. The number of thiophene rings is 1. The molecule has 1 saturated heterocycles. The molecule has 4 rings (SSSR count).